The highest BCUT2D eigenvalue weighted by atomic mass is 79.9. The van der Waals surface area contributed by atoms with Crippen molar-refractivity contribution in [2.75, 3.05) is 10.6 Å². The van der Waals surface area contributed by atoms with E-state index in [4.69, 9.17) is 0 Å². The van der Waals surface area contributed by atoms with Crippen LogP contribution in [0.5, 0.6) is 0 Å². The lowest BCUT2D eigenvalue weighted by molar-refractivity contribution is 0.262. The molecule has 21 heavy (non-hydrogen) atoms. The topological polar surface area (TPSA) is 41.1 Å². The Morgan fingerprint density at radius 1 is 1.19 bits per heavy atom. The fraction of sp³-hybridized carbons (Fsp3) is 0.267. The quantitative estimate of drug-likeness (QED) is 0.753. The van der Waals surface area contributed by atoms with Crippen LogP contribution in [0.4, 0.5) is 20.6 Å². The molecule has 1 aromatic carbocycles. The number of anilines is 2. The van der Waals surface area contributed by atoms with Crippen LogP contribution in [0.25, 0.3) is 0 Å². The van der Waals surface area contributed by atoms with Crippen molar-refractivity contribution < 1.29 is 9.18 Å². The third kappa shape index (κ3) is 3.27. The van der Waals surface area contributed by atoms with E-state index in [0.717, 1.165) is 24.9 Å². The Morgan fingerprint density at radius 2 is 1.95 bits per heavy atom. The van der Waals surface area contributed by atoms with Crippen LogP contribution in [0.3, 0.4) is 0 Å². The zero-order valence-corrected chi connectivity index (χ0v) is 13.6. The SMILES string of the molecule is O=C(Nc1ccc(Br)cc1F)Nc1csc2c1CCCC2. The highest BCUT2D eigenvalue weighted by Crippen LogP contribution is 2.33. The lowest BCUT2D eigenvalue weighted by atomic mass is 9.98. The predicted molar refractivity (Wildman–Crippen MR) is 87.7 cm³/mol. The van der Waals surface area contributed by atoms with Gasteiger partial charge in [0.25, 0.3) is 0 Å². The van der Waals surface area contributed by atoms with E-state index in [9.17, 15) is 9.18 Å². The van der Waals surface area contributed by atoms with Crippen molar-refractivity contribution in [3.63, 3.8) is 0 Å². The number of aryl methyl sites for hydroxylation is 1. The van der Waals surface area contributed by atoms with Gasteiger partial charge in [-0.25, -0.2) is 9.18 Å². The summed E-state index contributed by atoms with van der Waals surface area (Å²) in [7, 11) is 0. The molecule has 2 amide bonds. The maximum atomic E-state index is 13.7. The second-order valence-electron chi connectivity index (χ2n) is 4.96. The van der Waals surface area contributed by atoms with Crippen molar-refractivity contribution in [2.45, 2.75) is 25.7 Å². The van der Waals surface area contributed by atoms with E-state index >= 15 is 0 Å². The summed E-state index contributed by atoms with van der Waals surface area (Å²) in [4.78, 5) is 13.4. The summed E-state index contributed by atoms with van der Waals surface area (Å²) in [5.41, 5.74) is 2.25. The van der Waals surface area contributed by atoms with Gasteiger partial charge in [0, 0.05) is 14.7 Å². The van der Waals surface area contributed by atoms with Gasteiger partial charge in [0.15, 0.2) is 0 Å². The van der Waals surface area contributed by atoms with Crippen LogP contribution in [-0.4, -0.2) is 6.03 Å². The van der Waals surface area contributed by atoms with E-state index < -0.39 is 11.8 Å². The number of carbonyl (C=O) groups is 1. The molecule has 0 radical (unpaired) electrons. The number of fused-ring (bicyclic) bond motifs is 1. The average molecular weight is 369 g/mol. The highest BCUT2D eigenvalue weighted by Gasteiger charge is 2.17. The van der Waals surface area contributed by atoms with Gasteiger partial charge in [-0.3, -0.25) is 0 Å². The molecular weight excluding hydrogens is 355 g/mol. The first-order valence-electron chi connectivity index (χ1n) is 6.76. The van der Waals surface area contributed by atoms with Crippen LogP contribution in [0.15, 0.2) is 28.1 Å². The normalized spacial score (nSPS) is 13.6. The summed E-state index contributed by atoms with van der Waals surface area (Å²) in [5, 5.41) is 7.33. The zero-order valence-electron chi connectivity index (χ0n) is 11.2. The average Bonchev–Trinajstić information content (AvgIpc) is 2.85. The minimum atomic E-state index is -0.466. The summed E-state index contributed by atoms with van der Waals surface area (Å²) in [5.74, 6) is -0.466. The third-order valence-corrected chi connectivity index (χ3v) is 5.07. The minimum Gasteiger partial charge on any atom is -0.307 e. The standard InChI is InChI=1S/C15H14BrFN2OS/c16-9-5-6-12(11(17)7-9)18-15(20)19-13-8-21-14-4-2-1-3-10(13)14/h5-8H,1-4H2,(H2,18,19,20). The van der Waals surface area contributed by atoms with Crippen LogP contribution in [0.1, 0.15) is 23.3 Å². The van der Waals surface area contributed by atoms with Crippen molar-refractivity contribution in [1.82, 2.24) is 0 Å². The first-order valence-corrected chi connectivity index (χ1v) is 8.43. The number of amides is 2. The van der Waals surface area contributed by atoms with Crippen molar-refractivity contribution in [3.8, 4) is 0 Å². The molecular formula is C15H14BrFN2OS. The number of hydrogen-bond donors (Lipinski definition) is 2. The molecule has 1 aliphatic rings. The fourth-order valence-corrected chi connectivity index (χ4v) is 3.88. The predicted octanol–water partition coefficient (Wildman–Crippen LogP) is 5.17. The number of thiophene rings is 1. The molecule has 0 unspecified atom stereocenters. The van der Waals surface area contributed by atoms with Gasteiger partial charge >= 0.3 is 6.03 Å². The number of hydrogen-bond acceptors (Lipinski definition) is 2. The van der Waals surface area contributed by atoms with Crippen LogP contribution >= 0.6 is 27.3 Å². The van der Waals surface area contributed by atoms with Gasteiger partial charge in [-0.2, -0.15) is 0 Å². The molecule has 0 spiro atoms. The molecule has 2 N–H and O–H groups in total. The Hall–Kier alpha value is -1.40. The molecule has 6 heteroatoms. The Balaban J connectivity index is 1.70. The molecule has 0 saturated carbocycles. The number of nitrogens with one attached hydrogen (secondary N) is 2. The van der Waals surface area contributed by atoms with Crippen molar-refractivity contribution >= 4 is 44.7 Å². The molecule has 0 bridgehead atoms. The Kier molecular flexibility index (Phi) is 4.26. The van der Waals surface area contributed by atoms with Gasteiger partial charge in [-0.1, -0.05) is 15.9 Å². The van der Waals surface area contributed by atoms with Gasteiger partial charge in [0.05, 0.1) is 11.4 Å². The highest BCUT2D eigenvalue weighted by molar-refractivity contribution is 9.10. The number of benzene rings is 1. The summed E-state index contributed by atoms with van der Waals surface area (Å²) < 4.78 is 14.3. The van der Waals surface area contributed by atoms with Crippen LogP contribution < -0.4 is 10.6 Å². The van der Waals surface area contributed by atoms with Gasteiger partial charge in [0.1, 0.15) is 5.82 Å². The molecule has 0 aliphatic heterocycles. The maximum absolute atomic E-state index is 13.7. The van der Waals surface area contributed by atoms with Gasteiger partial charge in [-0.15, -0.1) is 11.3 Å². The van der Waals surface area contributed by atoms with Gasteiger partial charge in [0.2, 0.25) is 0 Å². The lowest BCUT2D eigenvalue weighted by Crippen LogP contribution is -2.20. The first kappa shape index (κ1) is 14.5. The van der Waals surface area contributed by atoms with E-state index in [1.807, 2.05) is 5.38 Å². The number of carbonyl (C=O) groups excluding carboxylic acids is 1. The number of halogens is 2. The van der Waals surface area contributed by atoms with Gasteiger partial charge in [-0.05, 0) is 49.4 Å². The van der Waals surface area contributed by atoms with Crippen molar-refractivity contribution in [2.24, 2.45) is 0 Å². The van der Waals surface area contributed by atoms with Crippen molar-refractivity contribution in [3.05, 3.63) is 44.3 Å². The molecule has 1 heterocycles. The smallest absolute Gasteiger partial charge is 0.307 e. The molecule has 0 saturated heterocycles. The second kappa shape index (κ2) is 6.15. The lowest BCUT2D eigenvalue weighted by Gasteiger charge is -2.14. The monoisotopic (exact) mass is 368 g/mol. The Bertz CT molecular complexity index is 686. The largest absolute Gasteiger partial charge is 0.323 e. The summed E-state index contributed by atoms with van der Waals surface area (Å²) in [6.45, 7) is 0. The molecule has 1 aliphatic carbocycles. The number of urea groups is 1. The minimum absolute atomic E-state index is 0.166. The Morgan fingerprint density at radius 3 is 2.76 bits per heavy atom. The van der Waals surface area contributed by atoms with E-state index in [-0.39, 0.29) is 5.69 Å². The van der Waals surface area contributed by atoms with E-state index in [1.165, 1.54) is 29.0 Å². The third-order valence-electron chi connectivity index (χ3n) is 3.49. The van der Waals surface area contributed by atoms with E-state index in [1.54, 1.807) is 17.4 Å². The van der Waals surface area contributed by atoms with Crippen LogP contribution in [0.2, 0.25) is 0 Å². The number of rotatable bonds is 2. The molecule has 1 aromatic heterocycles. The fourth-order valence-electron chi connectivity index (χ4n) is 2.47. The maximum Gasteiger partial charge on any atom is 0.323 e. The summed E-state index contributed by atoms with van der Waals surface area (Å²) in [6.07, 6.45) is 4.45. The van der Waals surface area contributed by atoms with Crippen LogP contribution in [0, 0.1) is 5.82 Å². The molecule has 110 valence electrons. The second-order valence-corrected chi connectivity index (χ2v) is 6.84. The molecule has 2 aromatic rings. The van der Waals surface area contributed by atoms with Gasteiger partial charge < -0.3 is 10.6 Å². The van der Waals surface area contributed by atoms with Crippen LogP contribution in [-0.2, 0) is 12.8 Å². The zero-order chi connectivity index (χ0) is 14.8. The summed E-state index contributed by atoms with van der Waals surface area (Å²) >= 11 is 4.87. The molecule has 0 fully saturated rings. The van der Waals surface area contributed by atoms with Crippen molar-refractivity contribution in [1.29, 1.82) is 0 Å². The van der Waals surface area contributed by atoms with E-state index in [0.29, 0.717) is 4.47 Å². The first-order chi connectivity index (χ1) is 10.1. The summed E-state index contributed by atoms with van der Waals surface area (Å²) in [6, 6.07) is 4.12. The Labute approximate surface area is 134 Å². The molecule has 0 atom stereocenters. The molecule has 3 rings (SSSR count). The molecule has 3 nitrogen and oxygen atoms in total. The van der Waals surface area contributed by atoms with E-state index in [2.05, 4.69) is 26.6 Å².